The van der Waals surface area contributed by atoms with Crippen LogP contribution in [0.5, 0.6) is 17.2 Å². The summed E-state index contributed by atoms with van der Waals surface area (Å²) >= 11 is 0. The first-order valence-electron chi connectivity index (χ1n) is 10.5. The topological polar surface area (TPSA) is 84.2 Å². The van der Waals surface area contributed by atoms with Crippen LogP contribution < -0.4 is 14.2 Å². The van der Waals surface area contributed by atoms with Gasteiger partial charge in [-0.25, -0.2) is 4.79 Å². The molecule has 166 valence electrons. The fraction of sp³-hybridized carbons (Fsp3) is 0.154. The molecule has 0 atom stereocenters. The Labute approximate surface area is 189 Å². The minimum atomic E-state index is -0.733. The number of rotatable bonds is 7. The first kappa shape index (κ1) is 20.6. The van der Waals surface area contributed by atoms with Crippen LogP contribution >= 0.6 is 0 Å². The fourth-order valence-corrected chi connectivity index (χ4v) is 3.58. The summed E-state index contributed by atoms with van der Waals surface area (Å²) in [5.41, 5.74) is 1.46. The van der Waals surface area contributed by atoms with E-state index < -0.39 is 12.6 Å². The molecule has 4 aromatic rings. The molecule has 0 N–H and O–H groups in total. The van der Waals surface area contributed by atoms with E-state index in [0.717, 1.165) is 5.39 Å². The highest BCUT2D eigenvalue weighted by atomic mass is 16.6. The molecule has 0 aliphatic carbocycles. The molecule has 0 amide bonds. The minimum Gasteiger partial charge on any atom is -0.489 e. The maximum atomic E-state index is 12.8. The van der Waals surface area contributed by atoms with E-state index >= 15 is 0 Å². The molecular weight excluding hydrogens is 424 g/mol. The lowest BCUT2D eigenvalue weighted by molar-refractivity contribution is 0.0442. The Kier molecular flexibility index (Phi) is 5.68. The number of Topliss-reactive ketones (excluding diaryl/α,β-unsaturated/α-hetero) is 1. The van der Waals surface area contributed by atoms with Crippen LogP contribution in [0.1, 0.15) is 26.5 Å². The Morgan fingerprint density at radius 1 is 0.848 bits per heavy atom. The lowest BCUT2D eigenvalue weighted by atomic mass is 10.1. The smallest absolute Gasteiger partial charge is 0.375 e. The number of carbonyl (C=O) groups excluding carboxylic acids is 2. The summed E-state index contributed by atoms with van der Waals surface area (Å²) in [7, 11) is 0. The van der Waals surface area contributed by atoms with Gasteiger partial charge in [-0.05, 0) is 36.4 Å². The Balaban J connectivity index is 1.32. The van der Waals surface area contributed by atoms with Crippen molar-refractivity contribution in [2.45, 2.75) is 6.61 Å². The van der Waals surface area contributed by atoms with Crippen molar-refractivity contribution < 1.29 is 33.0 Å². The average Bonchev–Trinajstić information content (AvgIpc) is 3.25. The molecule has 3 aromatic carbocycles. The van der Waals surface area contributed by atoms with Gasteiger partial charge < -0.3 is 23.4 Å². The maximum absolute atomic E-state index is 12.8. The number of hydrogen-bond acceptors (Lipinski definition) is 7. The van der Waals surface area contributed by atoms with Crippen molar-refractivity contribution in [3.05, 3.63) is 89.7 Å². The third-order valence-electron chi connectivity index (χ3n) is 5.21. The molecule has 2 heterocycles. The van der Waals surface area contributed by atoms with Crippen molar-refractivity contribution in [2.24, 2.45) is 0 Å². The highest BCUT2D eigenvalue weighted by Gasteiger charge is 2.24. The number of esters is 1. The Morgan fingerprint density at radius 2 is 1.61 bits per heavy atom. The summed E-state index contributed by atoms with van der Waals surface area (Å²) in [5.74, 6) is 0.663. The van der Waals surface area contributed by atoms with Crippen LogP contribution in [0, 0.1) is 0 Å². The number of furan rings is 1. The minimum absolute atomic E-state index is 0.0158. The van der Waals surface area contributed by atoms with E-state index in [-0.39, 0.29) is 18.2 Å². The number of ketones is 1. The highest BCUT2D eigenvalue weighted by Crippen LogP contribution is 2.31. The van der Waals surface area contributed by atoms with Gasteiger partial charge in [0.15, 0.2) is 23.9 Å². The summed E-state index contributed by atoms with van der Waals surface area (Å²) in [6.07, 6.45) is 0. The van der Waals surface area contributed by atoms with Crippen LogP contribution in [0.15, 0.2) is 77.2 Å². The lowest BCUT2D eigenvalue weighted by Crippen LogP contribution is -2.17. The van der Waals surface area contributed by atoms with Crippen LogP contribution in [0.25, 0.3) is 11.0 Å². The zero-order valence-electron chi connectivity index (χ0n) is 17.6. The molecule has 0 unspecified atom stereocenters. The molecule has 0 saturated heterocycles. The van der Waals surface area contributed by atoms with Gasteiger partial charge in [-0.1, -0.05) is 36.4 Å². The van der Waals surface area contributed by atoms with Crippen molar-refractivity contribution in [1.82, 2.24) is 0 Å². The van der Waals surface area contributed by atoms with Crippen molar-refractivity contribution >= 4 is 22.7 Å². The van der Waals surface area contributed by atoms with Gasteiger partial charge >= 0.3 is 5.97 Å². The quantitative estimate of drug-likeness (QED) is 0.298. The molecule has 0 saturated carbocycles. The molecule has 5 rings (SSSR count). The first-order valence-corrected chi connectivity index (χ1v) is 10.5. The highest BCUT2D eigenvalue weighted by molar-refractivity contribution is 6.01. The molecule has 1 aliphatic rings. The molecule has 7 heteroatoms. The van der Waals surface area contributed by atoms with Gasteiger partial charge in [-0.3, -0.25) is 4.79 Å². The number of para-hydroxylation sites is 2. The van der Waals surface area contributed by atoms with Gasteiger partial charge in [0.2, 0.25) is 5.76 Å². The normalized spacial score (nSPS) is 12.4. The molecular formula is C26H20O7. The summed E-state index contributed by atoms with van der Waals surface area (Å²) in [5, 5.41) is 0.749. The monoisotopic (exact) mass is 444 g/mol. The zero-order valence-corrected chi connectivity index (χ0v) is 17.6. The third-order valence-corrected chi connectivity index (χ3v) is 5.21. The van der Waals surface area contributed by atoms with Gasteiger partial charge in [0.25, 0.3) is 0 Å². The van der Waals surface area contributed by atoms with Gasteiger partial charge in [0.1, 0.15) is 31.2 Å². The number of carbonyl (C=O) groups is 2. The molecule has 0 spiro atoms. The fourth-order valence-electron chi connectivity index (χ4n) is 3.58. The van der Waals surface area contributed by atoms with E-state index in [4.69, 9.17) is 23.4 Å². The lowest BCUT2D eigenvalue weighted by Gasteiger charge is -2.18. The van der Waals surface area contributed by atoms with E-state index in [1.54, 1.807) is 24.3 Å². The second-order valence-corrected chi connectivity index (χ2v) is 7.37. The number of fused-ring (bicyclic) bond motifs is 2. The van der Waals surface area contributed by atoms with Gasteiger partial charge in [-0.15, -0.1) is 0 Å². The summed E-state index contributed by atoms with van der Waals surface area (Å²) in [6.45, 7) is 0.557. The van der Waals surface area contributed by atoms with Crippen LogP contribution in [0.4, 0.5) is 0 Å². The van der Waals surface area contributed by atoms with E-state index in [1.165, 1.54) is 0 Å². The SMILES string of the molecule is O=C(COC(=O)c1oc2ccccc2c1COc1ccccc1)c1ccc2c(c1)OCCO2. The number of hydrogen-bond donors (Lipinski definition) is 0. The predicted octanol–water partition coefficient (Wildman–Crippen LogP) is 4.82. The summed E-state index contributed by atoms with van der Waals surface area (Å²) in [4.78, 5) is 25.5. The van der Waals surface area contributed by atoms with Gasteiger partial charge in [-0.2, -0.15) is 0 Å². The zero-order chi connectivity index (χ0) is 22.6. The van der Waals surface area contributed by atoms with Gasteiger partial charge in [0.05, 0.1) is 5.56 Å². The Morgan fingerprint density at radius 3 is 2.45 bits per heavy atom. The molecule has 0 bridgehead atoms. The van der Waals surface area contributed by atoms with Crippen LogP contribution in [0.2, 0.25) is 0 Å². The van der Waals surface area contributed by atoms with Crippen LogP contribution in [-0.2, 0) is 11.3 Å². The molecule has 33 heavy (non-hydrogen) atoms. The second kappa shape index (κ2) is 9.08. The maximum Gasteiger partial charge on any atom is 0.375 e. The number of ether oxygens (including phenoxy) is 4. The van der Waals surface area contributed by atoms with E-state index in [2.05, 4.69) is 0 Å². The third kappa shape index (κ3) is 4.39. The second-order valence-electron chi connectivity index (χ2n) is 7.37. The van der Waals surface area contributed by atoms with E-state index in [0.29, 0.717) is 47.2 Å². The van der Waals surface area contributed by atoms with Crippen molar-refractivity contribution in [1.29, 1.82) is 0 Å². The summed E-state index contributed by atoms with van der Waals surface area (Å²) < 4.78 is 27.9. The molecule has 7 nitrogen and oxygen atoms in total. The molecule has 1 aromatic heterocycles. The molecule has 0 radical (unpaired) electrons. The average molecular weight is 444 g/mol. The van der Waals surface area contributed by atoms with Crippen LogP contribution in [-0.4, -0.2) is 31.6 Å². The summed E-state index contributed by atoms with van der Waals surface area (Å²) in [6, 6.07) is 21.4. The Bertz CT molecular complexity index is 1310. The first-order chi connectivity index (χ1) is 16.2. The van der Waals surface area contributed by atoms with E-state index in [9.17, 15) is 9.59 Å². The standard InChI is InChI=1S/C26H20O7/c27-21(17-10-11-23-24(14-17)30-13-12-29-23)16-32-26(28)25-20(15-31-18-6-2-1-3-7-18)19-8-4-5-9-22(19)33-25/h1-11,14H,12-13,15-16H2. The Hall–Kier alpha value is -4.26. The van der Waals surface area contributed by atoms with E-state index in [1.807, 2.05) is 48.5 Å². The largest absolute Gasteiger partial charge is 0.489 e. The van der Waals surface area contributed by atoms with Crippen molar-refractivity contribution in [3.8, 4) is 17.2 Å². The van der Waals surface area contributed by atoms with Crippen molar-refractivity contribution in [3.63, 3.8) is 0 Å². The predicted molar refractivity (Wildman–Crippen MR) is 119 cm³/mol. The number of benzene rings is 3. The van der Waals surface area contributed by atoms with Gasteiger partial charge in [0, 0.05) is 10.9 Å². The molecule has 1 aliphatic heterocycles. The van der Waals surface area contributed by atoms with Crippen LogP contribution in [0.3, 0.4) is 0 Å². The molecule has 0 fully saturated rings. The van der Waals surface area contributed by atoms with Crippen molar-refractivity contribution in [2.75, 3.05) is 19.8 Å².